The molecule has 0 aliphatic rings. The number of rotatable bonds is 2. The lowest BCUT2D eigenvalue weighted by molar-refractivity contribution is 0.144. The summed E-state index contributed by atoms with van der Waals surface area (Å²) < 4.78 is 4.64. The van der Waals surface area contributed by atoms with E-state index in [0.29, 0.717) is 5.75 Å². The van der Waals surface area contributed by atoms with Crippen LogP contribution in [0, 0.1) is 13.8 Å². The second-order valence-electron chi connectivity index (χ2n) is 3.19. The Morgan fingerprint density at radius 1 is 1.36 bits per heavy atom. The summed E-state index contributed by atoms with van der Waals surface area (Å²) in [4.78, 5) is 10.4. The van der Waals surface area contributed by atoms with Crippen molar-refractivity contribution in [3.8, 4) is 5.75 Å². The summed E-state index contributed by atoms with van der Waals surface area (Å²) in [5, 5.41) is 8.49. The Kier molecular flexibility index (Phi) is 3.12. The van der Waals surface area contributed by atoms with Crippen molar-refractivity contribution >= 4 is 6.16 Å². The SMILES string of the molecule is CCc1ccc(OC(=O)O)c(C)c1C. The fourth-order valence-corrected chi connectivity index (χ4v) is 1.44. The van der Waals surface area contributed by atoms with Crippen molar-refractivity contribution in [3.63, 3.8) is 0 Å². The Bertz CT molecular complexity index is 356. The van der Waals surface area contributed by atoms with Gasteiger partial charge in [-0.2, -0.15) is 0 Å². The van der Waals surface area contributed by atoms with Gasteiger partial charge in [-0.15, -0.1) is 0 Å². The molecule has 0 fully saturated rings. The van der Waals surface area contributed by atoms with Crippen molar-refractivity contribution in [3.05, 3.63) is 28.8 Å². The normalized spacial score (nSPS) is 9.93. The molecule has 0 aliphatic carbocycles. The molecule has 1 aromatic rings. The molecule has 1 aromatic carbocycles. The van der Waals surface area contributed by atoms with Gasteiger partial charge in [0.1, 0.15) is 5.75 Å². The zero-order chi connectivity index (χ0) is 10.7. The van der Waals surface area contributed by atoms with Crippen molar-refractivity contribution in [2.24, 2.45) is 0 Å². The molecule has 0 saturated heterocycles. The maximum absolute atomic E-state index is 10.4. The van der Waals surface area contributed by atoms with Gasteiger partial charge < -0.3 is 9.84 Å². The molecule has 1 rings (SSSR count). The maximum atomic E-state index is 10.4. The van der Waals surface area contributed by atoms with Gasteiger partial charge in [0.05, 0.1) is 0 Å². The number of benzene rings is 1. The van der Waals surface area contributed by atoms with Gasteiger partial charge >= 0.3 is 6.16 Å². The lowest BCUT2D eigenvalue weighted by atomic mass is 10.0. The van der Waals surface area contributed by atoms with E-state index in [2.05, 4.69) is 11.7 Å². The zero-order valence-electron chi connectivity index (χ0n) is 8.63. The van der Waals surface area contributed by atoms with Gasteiger partial charge in [-0.05, 0) is 43.0 Å². The van der Waals surface area contributed by atoms with Crippen molar-refractivity contribution in [2.75, 3.05) is 0 Å². The molecule has 3 nitrogen and oxygen atoms in total. The molecule has 0 amide bonds. The van der Waals surface area contributed by atoms with Crippen LogP contribution in [0.15, 0.2) is 12.1 Å². The van der Waals surface area contributed by atoms with Gasteiger partial charge in [0.15, 0.2) is 0 Å². The number of hydrogen-bond donors (Lipinski definition) is 1. The Morgan fingerprint density at radius 2 is 2.00 bits per heavy atom. The van der Waals surface area contributed by atoms with E-state index in [1.165, 1.54) is 5.56 Å². The third-order valence-electron chi connectivity index (χ3n) is 2.43. The highest BCUT2D eigenvalue weighted by molar-refractivity contribution is 5.62. The number of aryl methyl sites for hydroxylation is 1. The molecule has 0 radical (unpaired) electrons. The minimum atomic E-state index is -1.27. The molecule has 0 bridgehead atoms. The second-order valence-corrected chi connectivity index (χ2v) is 3.19. The minimum absolute atomic E-state index is 0.423. The average molecular weight is 194 g/mol. The van der Waals surface area contributed by atoms with Crippen LogP contribution >= 0.6 is 0 Å². The summed E-state index contributed by atoms with van der Waals surface area (Å²) in [6, 6.07) is 3.61. The Balaban J connectivity index is 3.10. The maximum Gasteiger partial charge on any atom is 0.511 e. The highest BCUT2D eigenvalue weighted by Crippen LogP contribution is 2.24. The fourth-order valence-electron chi connectivity index (χ4n) is 1.44. The van der Waals surface area contributed by atoms with E-state index in [0.717, 1.165) is 17.5 Å². The Hall–Kier alpha value is -1.51. The average Bonchev–Trinajstić information content (AvgIpc) is 2.13. The third-order valence-corrected chi connectivity index (χ3v) is 2.43. The Morgan fingerprint density at radius 3 is 2.50 bits per heavy atom. The predicted octanol–water partition coefficient (Wildman–Crippen LogP) is 2.92. The molecule has 0 saturated carbocycles. The van der Waals surface area contributed by atoms with Crippen molar-refractivity contribution < 1.29 is 14.6 Å². The zero-order valence-corrected chi connectivity index (χ0v) is 8.63. The van der Waals surface area contributed by atoms with E-state index in [1.54, 1.807) is 6.07 Å². The van der Waals surface area contributed by atoms with E-state index < -0.39 is 6.16 Å². The van der Waals surface area contributed by atoms with Gasteiger partial charge in [0, 0.05) is 0 Å². The van der Waals surface area contributed by atoms with Crippen LogP contribution in [0.25, 0.3) is 0 Å². The van der Waals surface area contributed by atoms with E-state index >= 15 is 0 Å². The fraction of sp³-hybridized carbons (Fsp3) is 0.364. The molecule has 0 aliphatic heterocycles. The van der Waals surface area contributed by atoms with Crippen molar-refractivity contribution in [1.29, 1.82) is 0 Å². The van der Waals surface area contributed by atoms with Gasteiger partial charge in [-0.1, -0.05) is 13.0 Å². The quantitative estimate of drug-likeness (QED) is 0.581. The second kappa shape index (κ2) is 4.13. The lowest BCUT2D eigenvalue weighted by Crippen LogP contribution is -2.05. The monoisotopic (exact) mass is 194 g/mol. The topological polar surface area (TPSA) is 46.5 Å². The summed E-state index contributed by atoms with van der Waals surface area (Å²) in [5.41, 5.74) is 3.22. The standard InChI is InChI=1S/C11H14O3/c1-4-9-5-6-10(14-11(12)13)8(3)7(9)2/h5-6H,4H2,1-3H3,(H,12,13). The molecule has 0 spiro atoms. The van der Waals surface area contributed by atoms with Crippen LogP contribution in [0.1, 0.15) is 23.6 Å². The number of carboxylic acid groups (broad SMARTS) is 1. The first-order chi connectivity index (χ1) is 6.56. The van der Waals surface area contributed by atoms with Crippen LogP contribution in [0.4, 0.5) is 4.79 Å². The van der Waals surface area contributed by atoms with Gasteiger partial charge in [0.2, 0.25) is 0 Å². The molecule has 76 valence electrons. The largest absolute Gasteiger partial charge is 0.511 e. The van der Waals surface area contributed by atoms with Crippen LogP contribution < -0.4 is 4.74 Å². The van der Waals surface area contributed by atoms with Crippen LogP contribution in [0.3, 0.4) is 0 Å². The highest BCUT2D eigenvalue weighted by Gasteiger charge is 2.08. The van der Waals surface area contributed by atoms with E-state index in [1.807, 2.05) is 19.9 Å². The lowest BCUT2D eigenvalue weighted by Gasteiger charge is -2.10. The van der Waals surface area contributed by atoms with E-state index in [-0.39, 0.29) is 0 Å². The highest BCUT2D eigenvalue weighted by atomic mass is 16.7. The van der Waals surface area contributed by atoms with E-state index in [4.69, 9.17) is 5.11 Å². The molecule has 0 aromatic heterocycles. The molecule has 3 heteroatoms. The number of ether oxygens (including phenoxy) is 1. The van der Waals surface area contributed by atoms with Crippen LogP contribution in [0.5, 0.6) is 5.75 Å². The van der Waals surface area contributed by atoms with Crippen molar-refractivity contribution in [2.45, 2.75) is 27.2 Å². The molecular formula is C11H14O3. The summed E-state index contributed by atoms with van der Waals surface area (Å²) in [5.74, 6) is 0.423. The smallest absolute Gasteiger partial charge is 0.449 e. The summed E-state index contributed by atoms with van der Waals surface area (Å²) in [6.07, 6.45) is -0.322. The minimum Gasteiger partial charge on any atom is -0.449 e. The molecular weight excluding hydrogens is 180 g/mol. The molecule has 1 N–H and O–H groups in total. The first kappa shape index (κ1) is 10.6. The predicted molar refractivity (Wildman–Crippen MR) is 53.9 cm³/mol. The van der Waals surface area contributed by atoms with Gasteiger partial charge in [-0.25, -0.2) is 4.79 Å². The van der Waals surface area contributed by atoms with Gasteiger partial charge in [-0.3, -0.25) is 0 Å². The first-order valence-electron chi connectivity index (χ1n) is 4.56. The summed E-state index contributed by atoms with van der Waals surface area (Å²) in [6.45, 7) is 5.91. The number of hydrogen-bond acceptors (Lipinski definition) is 2. The van der Waals surface area contributed by atoms with Crippen LogP contribution in [-0.4, -0.2) is 11.3 Å². The van der Waals surface area contributed by atoms with Gasteiger partial charge in [0.25, 0.3) is 0 Å². The first-order valence-corrected chi connectivity index (χ1v) is 4.56. The summed E-state index contributed by atoms with van der Waals surface area (Å²) in [7, 11) is 0. The van der Waals surface area contributed by atoms with Crippen LogP contribution in [0.2, 0.25) is 0 Å². The van der Waals surface area contributed by atoms with E-state index in [9.17, 15) is 4.79 Å². The van der Waals surface area contributed by atoms with Crippen LogP contribution in [-0.2, 0) is 6.42 Å². The Labute approximate surface area is 83.3 Å². The third kappa shape index (κ3) is 2.05. The summed E-state index contributed by atoms with van der Waals surface area (Å²) >= 11 is 0. The van der Waals surface area contributed by atoms with Crippen molar-refractivity contribution in [1.82, 2.24) is 0 Å². The molecule has 0 heterocycles. The molecule has 0 atom stereocenters. The molecule has 14 heavy (non-hydrogen) atoms. The number of carbonyl (C=O) groups is 1. The molecule has 0 unspecified atom stereocenters.